The highest BCUT2D eigenvalue weighted by Crippen LogP contribution is 2.16. The van der Waals surface area contributed by atoms with Gasteiger partial charge in [-0.25, -0.2) is 9.36 Å². The van der Waals surface area contributed by atoms with Crippen molar-refractivity contribution < 1.29 is 14.1 Å². The van der Waals surface area contributed by atoms with Crippen LogP contribution < -0.4 is 15.6 Å². The zero-order chi connectivity index (χ0) is 18.1. The number of nitrogens with one attached hydrogen (secondary N) is 1. The maximum atomic E-state index is 12.1. The molecule has 6 heteroatoms. The van der Waals surface area contributed by atoms with Gasteiger partial charge in [-0.3, -0.25) is 4.79 Å². The van der Waals surface area contributed by atoms with Gasteiger partial charge in [0.1, 0.15) is 0 Å². The average Bonchev–Trinajstić information content (AvgIpc) is 2.98. The number of benzene rings is 2. The monoisotopic (exact) mass is 352 g/mol. The van der Waals surface area contributed by atoms with Gasteiger partial charge in [-0.2, -0.15) is 0 Å². The second-order valence-electron chi connectivity index (χ2n) is 6.76. The van der Waals surface area contributed by atoms with Crippen molar-refractivity contribution in [2.24, 2.45) is 0 Å². The third-order valence-corrected chi connectivity index (χ3v) is 5.06. The summed E-state index contributed by atoms with van der Waals surface area (Å²) in [6, 6.07) is 15.3. The summed E-state index contributed by atoms with van der Waals surface area (Å²) >= 11 is 0. The quantitative estimate of drug-likeness (QED) is 0.716. The molecule has 0 unspecified atom stereocenters. The molecule has 0 radical (unpaired) electrons. The Morgan fingerprint density at radius 3 is 2.46 bits per heavy atom. The van der Waals surface area contributed by atoms with Gasteiger partial charge in [0.2, 0.25) is 0 Å². The number of quaternary nitrogens is 1. The second-order valence-corrected chi connectivity index (χ2v) is 6.76. The number of Topliss-reactive ketones (excluding diaryl/α,β-unsaturated/α-hetero) is 1. The Bertz CT molecular complexity index is 979. The lowest BCUT2D eigenvalue weighted by Gasteiger charge is -2.33. The van der Waals surface area contributed by atoms with Crippen LogP contribution in [-0.4, -0.2) is 36.5 Å². The number of carbonyl (C=O) groups excluding carboxylic acids is 1. The Morgan fingerprint density at radius 2 is 1.77 bits per heavy atom. The molecule has 26 heavy (non-hydrogen) atoms. The maximum absolute atomic E-state index is 12.1. The zero-order valence-electron chi connectivity index (χ0n) is 14.8. The molecule has 1 saturated heterocycles. The number of carbonyl (C=O) groups is 1. The third kappa shape index (κ3) is 3.15. The van der Waals surface area contributed by atoms with Crippen LogP contribution in [0.15, 0.2) is 57.7 Å². The van der Waals surface area contributed by atoms with E-state index in [1.807, 2.05) is 48.5 Å². The Balaban J connectivity index is 1.42. The molecular weight excluding hydrogens is 330 g/mol. The first-order valence-corrected chi connectivity index (χ1v) is 8.90. The van der Waals surface area contributed by atoms with Gasteiger partial charge in [0.25, 0.3) is 0 Å². The molecule has 1 aromatic heterocycles. The lowest BCUT2D eigenvalue weighted by Crippen LogP contribution is -3.14. The molecule has 0 atom stereocenters. The highest BCUT2D eigenvalue weighted by Gasteiger charge is 2.22. The first-order chi connectivity index (χ1) is 12.6. The number of hydrogen-bond donors (Lipinski definition) is 1. The smallest absolute Gasteiger partial charge is 0.408 e. The SMILES string of the molecule is CC(=O)c1ccc(N2CC[NH+](Cn3c(=O)oc4ccccc43)CC2)cc1. The molecule has 1 N–H and O–H groups in total. The van der Waals surface area contributed by atoms with Gasteiger partial charge in [0, 0.05) is 11.3 Å². The molecule has 4 rings (SSSR count). The van der Waals surface area contributed by atoms with E-state index >= 15 is 0 Å². The van der Waals surface area contributed by atoms with Crippen LogP contribution >= 0.6 is 0 Å². The molecule has 3 aromatic rings. The van der Waals surface area contributed by atoms with Crippen LogP contribution in [0.25, 0.3) is 11.1 Å². The standard InChI is InChI=1S/C20H21N3O3/c1-15(24)16-6-8-17(9-7-16)22-12-10-21(11-13-22)14-23-18-4-2-3-5-19(18)26-20(23)25/h2-9H,10-14H2,1H3/p+1. The number of hydrogen-bond acceptors (Lipinski definition) is 4. The van der Waals surface area contributed by atoms with Crippen LogP contribution in [0.5, 0.6) is 0 Å². The van der Waals surface area contributed by atoms with Crippen molar-refractivity contribution in [1.29, 1.82) is 0 Å². The number of piperazine rings is 1. The first kappa shape index (κ1) is 16.6. The van der Waals surface area contributed by atoms with E-state index in [4.69, 9.17) is 4.42 Å². The molecule has 0 bridgehead atoms. The Hall–Kier alpha value is -2.86. The molecule has 6 nitrogen and oxygen atoms in total. The van der Waals surface area contributed by atoms with Gasteiger partial charge < -0.3 is 14.2 Å². The molecule has 2 heterocycles. The minimum atomic E-state index is -0.291. The summed E-state index contributed by atoms with van der Waals surface area (Å²) in [4.78, 5) is 27.2. The van der Waals surface area contributed by atoms with Crippen LogP contribution in [-0.2, 0) is 6.67 Å². The number of fused-ring (bicyclic) bond motifs is 1. The van der Waals surface area contributed by atoms with Crippen LogP contribution in [0.1, 0.15) is 17.3 Å². The highest BCUT2D eigenvalue weighted by molar-refractivity contribution is 5.94. The van der Waals surface area contributed by atoms with E-state index in [1.54, 1.807) is 11.5 Å². The molecule has 1 aliphatic rings. The second kappa shape index (κ2) is 6.80. The zero-order valence-corrected chi connectivity index (χ0v) is 14.8. The minimum Gasteiger partial charge on any atom is -0.408 e. The van der Waals surface area contributed by atoms with Crippen molar-refractivity contribution in [3.05, 3.63) is 64.6 Å². The fourth-order valence-electron chi connectivity index (χ4n) is 3.53. The summed E-state index contributed by atoms with van der Waals surface area (Å²) in [5, 5.41) is 0. The number of rotatable bonds is 4. The van der Waals surface area contributed by atoms with Gasteiger partial charge in [0.15, 0.2) is 18.0 Å². The summed E-state index contributed by atoms with van der Waals surface area (Å²) in [6.45, 7) is 5.92. The normalized spacial score (nSPS) is 15.5. The maximum Gasteiger partial charge on any atom is 0.424 e. The summed E-state index contributed by atoms with van der Waals surface area (Å²) in [5.74, 6) is -0.204. The number of ketones is 1. The number of anilines is 1. The molecule has 0 aliphatic carbocycles. The molecule has 1 fully saturated rings. The minimum absolute atomic E-state index is 0.0867. The molecule has 2 aromatic carbocycles. The predicted molar refractivity (Wildman–Crippen MR) is 99.8 cm³/mol. The van der Waals surface area contributed by atoms with Crippen LogP contribution in [0.2, 0.25) is 0 Å². The highest BCUT2D eigenvalue weighted by atomic mass is 16.4. The predicted octanol–water partition coefficient (Wildman–Crippen LogP) is 1.16. The molecule has 1 aliphatic heterocycles. The number of oxazole rings is 1. The fourth-order valence-corrected chi connectivity index (χ4v) is 3.53. The van der Waals surface area contributed by atoms with E-state index in [2.05, 4.69) is 4.90 Å². The molecule has 134 valence electrons. The van der Waals surface area contributed by atoms with Gasteiger partial charge >= 0.3 is 5.76 Å². The number of para-hydroxylation sites is 2. The Kier molecular flexibility index (Phi) is 4.34. The summed E-state index contributed by atoms with van der Waals surface area (Å²) in [7, 11) is 0. The first-order valence-electron chi connectivity index (χ1n) is 8.90. The molecule has 0 amide bonds. The van der Waals surface area contributed by atoms with Gasteiger partial charge in [-0.1, -0.05) is 12.1 Å². The Morgan fingerprint density at radius 1 is 1.08 bits per heavy atom. The van der Waals surface area contributed by atoms with Crippen molar-refractivity contribution in [3.8, 4) is 0 Å². The van der Waals surface area contributed by atoms with E-state index in [0.717, 1.165) is 42.9 Å². The van der Waals surface area contributed by atoms with Crippen LogP contribution in [0.4, 0.5) is 5.69 Å². The number of nitrogens with zero attached hydrogens (tertiary/aromatic N) is 2. The summed E-state index contributed by atoms with van der Waals surface area (Å²) in [6.07, 6.45) is 0. The van der Waals surface area contributed by atoms with Crippen LogP contribution in [0.3, 0.4) is 0 Å². The summed E-state index contributed by atoms with van der Waals surface area (Å²) < 4.78 is 7.04. The van der Waals surface area contributed by atoms with E-state index in [0.29, 0.717) is 12.3 Å². The fraction of sp³-hybridized carbons (Fsp3) is 0.300. The topological polar surface area (TPSA) is 59.9 Å². The van der Waals surface area contributed by atoms with E-state index in [1.165, 1.54) is 4.90 Å². The van der Waals surface area contributed by atoms with Crippen molar-refractivity contribution in [2.45, 2.75) is 13.6 Å². The number of aromatic nitrogens is 1. The van der Waals surface area contributed by atoms with Crippen molar-refractivity contribution >= 4 is 22.6 Å². The average molecular weight is 352 g/mol. The van der Waals surface area contributed by atoms with Crippen molar-refractivity contribution in [2.75, 3.05) is 31.1 Å². The van der Waals surface area contributed by atoms with Crippen molar-refractivity contribution in [1.82, 2.24) is 4.57 Å². The lowest BCUT2D eigenvalue weighted by molar-refractivity contribution is -0.923. The molecule has 0 spiro atoms. The van der Waals surface area contributed by atoms with Crippen molar-refractivity contribution in [3.63, 3.8) is 0 Å². The van der Waals surface area contributed by atoms with Gasteiger partial charge in [-0.05, 0) is 43.3 Å². The largest absolute Gasteiger partial charge is 0.424 e. The van der Waals surface area contributed by atoms with Crippen LogP contribution in [0, 0.1) is 0 Å². The Labute approximate surface area is 151 Å². The van der Waals surface area contributed by atoms with E-state index < -0.39 is 0 Å². The van der Waals surface area contributed by atoms with E-state index in [9.17, 15) is 9.59 Å². The lowest BCUT2D eigenvalue weighted by atomic mass is 10.1. The van der Waals surface area contributed by atoms with Gasteiger partial charge in [0.05, 0.1) is 31.7 Å². The van der Waals surface area contributed by atoms with E-state index in [-0.39, 0.29) is 11.5 Å². The molecule has 0 saturated carbocycles. The van der Waals surface area contributed by atoms with Gasteiger partial charge in [-0.15, -0.1) is 0 Å². The summed E-state index contributed by atoms with van der Waals surface area (Å²) in [5.41, 5.74) is 3.37. The molecular formula is C20H22N3O3+. The third-order valence-electron chi connectivity index (χ3n) is 5.06.